The van der Waals surface area contributed by atoms with Crippen molar-refractivity contribution in [2.45, 2.75) is 6.04 Å². The van der Waals surface area contributed by atoms with E-state index in [4.69, 9.17) is 15.6 Å². The average molecular weight is 328 g/mol. The Hall–Kier alpha value is -3.19. The van der Waals surface area contributed by atoms with E-state index in [0.717, 1.165) is 0 Å². The lowest BCUT2D eigenvalue weighted by Crippen LogP contribution is -2.35. The van der Waals surface area contributed by atoms with Crippen LogP contribution in [0.15, 0.2) is 54.6 Å². The molecule has 7 heteroatoms. The second-order valence-corrected chi connectivity index (χ2v) is 4.94. The smallest absolute Gasteiger partial charge is 0.338 e. The van der Waals surface area contributed by atoms with E-state index in [0.29, 0.717) is 11.3 Å². The molecular formula is C17H16N2O5. The predicted octanol–water partition coefficient (Wildman–Crippen LogP) is 1.51. The minimum absolute atomic E-state index is 0.227. The average Bonchev–Trinajstić information content (AvgIpc) is 2.60. The molecule has 2 rings (SSSR count). The van der Waals surface area contributed by atoms with E-state index in [-0.39, 0.29) is 11.5 Å². The number of carbonyl (C=O) groups is 3. The van der Waals surface area contributed by atoms with Crippen LogP contribution in [0.2, 0.25) is 0 Å². The highest BCUT2D eigenvalue weighted by Gasteiger charge is 2.15. The highest BCUT2D eigenvalue weighted by Crippen LogP contribution is 2.12. The number of esters is 1. The maximum Gasteiger partial charge on any atom is 0.338 e. The summed E-state index contributed by atoms with van der Waals surface area (Å²) in [6.45, 7) is -0.416. The second kappa shape index (κ2) is 7.89. The first-order valence-electron chi connectivity index (χ1n) is 7.09. The lowest BCUT2D eigenvalue weighted by Gasteiger charge is -2.09. The van der Waals surface area contributed by atoms with Crippen molar-refractivity contribution in [3.05, 3.63) is 65.7 Å². The Morgan fingerprint density at radius 2 is 1.62 bits per heavy atom. The molecule has 0 spiro atoms. The van der Waals surface area contributed by atoms with Crippen molar-refractivity contribution in [3.8, 4) is 0 Å². The molecule has 0 radical (unpaired) electrons. The van der Waals surface area contributed by atoms with E-state index in [2.05, 4.69) is 5.32 Å². The summed E-state index contributed by atoms with van der Waals surface area (Å²) in [4.78, 5) is 34.3. The van der Waals surface area contributed by atoms with Crippen molar-refractivity contribution < 1.29 is 24.2 Å². The molecular weight excluding hydrogens is 312 g/mol. The first-order valence-corrected chi connectivity index (χ1v) is 7.09. The van der Waals surface area contributed by atoms with E-state index < -0.39 is 24.6 Å². The lowest BCUT2D eigenvalue weighted by atomic mass is 10.2. The number of aliphatic carboxylic acids is 1. The molecule has 24 heavy (non-hydrogen) atoms. The maximum absolute atomic E-state index is 12.0. The zero-order valence-corrected chi connectivity index (χ0v) is 12.6. The molecule has 0 aromatic heterocycles. The summed E-state index contributed by atoms with van der Waals surface area (Å²) in [5.74, 6) is -2.20. The quantitative estimate of drug-likeness (QED) is 0.692. The summed E-state index contributed by atoms with van der Waals surface area (Å²) in [6.07, 6.45) is 0. The van der Waals surface area contributed by atoms with Gasteiger partial charge in [0.25, 0.3) is 5.91 Å². The number of hydrogen-bond acceptors (Lipinski definition) is 5. The first-order chi connectivity index (χ1) is 11.5. The minimum atomic E-state index is -1.27. The summed E-state index contributed by atoms with van der Waals surface area (Å²) >= 11 is 0. The summed E-state index contributed by atoms with van der Waals surface area (Å²) in [6, 6.07) is 13.5. The van der Waals surface area contributed by atoms with Gasteiger partial charge in [0.05, 0.1) is 5.56 Å². The molecule has 1 atom stereocenters. The van der Waals surface area contributed by atoms with Crippen LogP contribution in [0, 0.1) is 0 Å². The molecule has 124 valence electrons. The van der Waals surface area contributed by atoms with Crippen LogP contribution < -0.4 is 11.1 Å². The molecule has 0 bridgehead atoms. The van der Waals surface area contributed by atoms with Crippen molar-refractivity contribution in [1.82, 2.24) is 0 Å². The molecule has 0 aliphatic carbocycles. The van der Waals surface area contributed by atoms with E-state index in [1.807, 2.05) is 6.07 Å². The summed E-state index contributed by atoms with van der Waals surface area (Å²) < 4.78 is 4.81. The molecule has 0 aliphatic heterocycles. The van der Waals surface area contributed by atoms with Crippen LogP contribution in [0.4, 0.5) is 5.69 Å². The molecule has 0 fully saturated rings. The molecule has 2 aromatic carbocycles. The Labute approximate surface area is 138 Å². The molecule has 1 amide bonds. The predicted molar refractivity (Wildman–Crippen MR) is 86.7 cm³/mol. The fourth-order valence-corrected chi connectivity index (χ4v) is 1.80. The fraction of sp³-hybridized carbons (Fsp3) is 0.118. The summed E-state index contributed by atoms with van der Waals surface area (Å²) in [7, 11) is 0. The Kier molecular flexibility index (Phi) is 5.64. The first kappa shape index (κ1) is 17.2. The van der Waals surface area contributed by atoms with E-state index >= 15 is 0 Å². The van der Waals surface area contributed by atoms with Crippen LogP contribution in [0.3, 0.4) is 0 Å². The van der Waals surface area contributed by atoms with E-state index in [1.165, 1.54) is 12.1 Å². The number of anilines is 1. The summed E-state index contributed by atoms with van der Waals surface area (Å²) in [5.41, 5.74) is 6.51. The molecule has 0 heterocycles. The van der Waals surface area contributed by atoms with Gasteiger partial charge < -0.3 is 20.9 Å². The number of amides is 1. The van der Waals surface area contributed by atoms with Gasteiger partial charge in [-0.05, 0) is 36.4 Å². The largest absolute Gasteiger partial charge is 0.480 e. The zero-order chi connectivity index (χ0) is 17.5. The van der Waals surface area contributed by atoms with Crippen molar-refractivity contribution >= 4 is 23.5 Å². The van der Waals surface area contributed by atoms with Crippen LogP contribution in [-0.4, -0.2) is 35.6 Å². The summed E-state index contributed by atoms with van der Waals surface area (Å²) in [5, 5.41) is 11.3. The Bertz CT molecular complexity index is 728. The monoisotopic (exact) mass is 328 g/mol. The third-order valence-corrected chi connectivity index (χ3v) is 3.13. The SMILES string of the molecule is N[C@@H](COC(=O)c1ccc(NC(=O)c2ccccc2)cc1)C(=O)O. The van der Waals surface area contributed by atoms with Gasteiger partial charge in [-0.3, -0.25) is 9.59 Å². The fourth-order valence-electron chi connectivity index (χ4n) is 1.80. The Balaban J connectivity index is 1.94. The molecule has 2 aromatic rings. The standard InChI is InChI=1S/C17H16N2O5/c18-14(16(21)22)10-24-17(23)12-6-8-13(9-7-12)19-15(20)11-4-2-1-3-5-11/h1-9,14H,10,18H2,(H,19,20)(H,21,22)/t14-/m0/s1. The van der Waals surface area contributed by atoms with Gasteiger partial charge in [0, 0.05) is 11.3 Å². The van der Waals surface area contributed by atoms with E-state index in [9.17, 15) is 14.4 Å². The van der Waals surface area contributed by atoms with E-state index in [1.54, 1.807) is 36.4 Å². The van der Waals surface area contributed by atoms with Crippen molar-refractivity contribution in [2.24, 2.45) is 5.73 Å². The van der Waals surface area contributed by atoms with Gasteiger partial charge in [-0.15, -0.1) is 0 Å². The minimum Gasteiger partial charge on any atom is -0.480 e. The molecule has 0 unspecified atom stereocenters. The normalized spacial score (nSPS) is 11.4. The number of hydrogen-bond donors (Lipinski definition) is 3. The van der Waals surface area contributed by atoms with Crippen LogP contribution in [0.5, 0.6) is 0 Å². The van der Waals surface area contributed by atoms with Gasteiger partial charge >= 0.3 is 11.9 Å². The van der Waals surface area contributed by atoms with Gasteiger partial charge in [0.15, 0.2) is 0 Å². The number of ether oxygens (including phenoxy) is 1. The molecule has 0 saturated heterocycles. The topological polar surface area (TPSA) is 119 Å². The van der Waals surface area contributed by atoms with Gasteiger partial charge in [-0.1, -0.05) is 18.2 Å². The molecule has 0 aliphatic rings. The third-order valence-electron chi connectivity index (χ3n) is 3.13. The van der Waals surface area contributed by atoms with Crippen molar-refractivity contribution in [1.29, 1.82) is 0 Å². The zero-order valence-electron chi connectivity index (χ0n) is 12.6. The van der Waals surface area contributed by atoms with Gasteiger partial charge in [-0.2, -0.15) is 0 Å². The number of rotatable bonds is 6. The maximum atomic E-state index is 12.0. The van der Waals surface area contributed by atoms with Crippen molar-refractivity contribution in [3.63, 3.8) is 0 Å². The number of carboxylic acid groups (broad SMARTS) is 1. The van der Waals surface area contributed by atoms with Crippen LogP contribution >= 0.6 is 0 Å². The molecule has 4 N–H and O–H groups in total. The lowest BCUT2D eigenvalue weighted by molar-refractivity contribution is -0.139. The number of carboxylic acids is 1. The second-order valence-electron chi connectivity index (χ2n) is 4.94. The van der Waals surface area contributed by atoms with Crippen LogP contribution in [0.1, 0.15) is 20.7 Å². The highest BCUT2D eigenvalue weighted by atomic mass is 16.5. The highest BCUT2D eigenvalue weighted by molar-refractivity contribution is 6.04. The van der Waals surface area contributed by atoms with Crippen LogP contribution in [0.25, 0.3) is 0 Å². The Morgan fingerprint density at radius 1 is 1.00 bits per heavy atom. The third kappa shape index (κ3) is 4.65. The Morgan fingerprint density at radius 3 is 2.21 bits per heavy atom. The molecule has 7 nitrogen and oxygen atoms in total. The molecule has 0 saturated carbocycles. The number of benzene rings is 2. The van der Waals surface area contributed by atoms with Gasteiger partial charge in [0.2, 0.25) is 0 Å². The number of nitrogens with one attached hydrogen (secondary N) is 1. The van der Waals surface area contributed by atoms with Crippen molar-refractivity contribution in [2.75, 3.05) is 11.9 Å². The van der Waals surface area contributed by atoms with Crippen LogP contribution in [-0.2, 0) is 9.53 Å². The van der Waals surface area contributed by atoms with Gasteiger partial charge in [0.1, 0.15) is 12.6 Å². The van der Waals surface area contributed by atoms with Gasteiger partial charge in [-0.25, -0.2) is 4.79 Å². The number of nitrogens with two attached hydrogens (primary N) is 1. The number of carbonyl (C=O) groups excluding carboxylic acids is 2.